The summed E-state index contributed by atoms with van der Waals surface area (Å²) in [4.78, 5) is -0.407. The first-order valence-corrected chi connectivity index (χ1v) is 5.45. The first-order chi connectivity index (χ1) is 3.27. The Morgan fingerprint density at radius 3 is 1.57 bits per heavy atom. The molecule has 44 valence electrons. The zero-order chi connectivity index (χ0) is 6.28. The Labute approximate surface area is 61.6 Å². The average Bonchev–Trinajstić information content (AvgIpc) is 1.73. The van der Waals surface area contributed by atoms with Crippen LogP contribution in [0.1, 0.15) is 0 Å². The number of alkyl halides is 2. The van der Waals surface area contributed by atoms with E-state index in [0.717, 1.165) is 9.55 Å². The van der Waals surface area contributed by atoms with Crippen LogP contribution in [0.15, 0.2) is 12.7 Å². The molecule has 0 fully saturated rings. The third-order valence-corrected chi connectivity index (χ3v) is 0.535. The number of rotatable bonds is 1. The van der Waals surface area contributed by atoms with Crippen LogP contribution in [0.5, 0.6) is 0 Å². The van der Waals surface area contributed by atoms with Gasteiger partial charge in [0, 0.05) is 0 Å². The minimum atomic E-state index is -0.407. The van der Waals surface area contributed by atoms with Crippen LogP contribution in [0.3, 0.4) is 0 Å². The Morgan fingerprint density at radius 2 is 1.57 bits per heavy atom. The smallest absolute Gasteiger partial charge is 0.125 e. The van der Waals surface area contributed by atoms with Crippen LogP contribution in [0.4, 0.5) is 0 Å². The molecule has 0 aromatic rings. The lowest BCUT2D eigenvalue weighted by atomic mass is 10.8. The molecule has 0 nitrogen and oxygen atoms in total. The molecule has 0 aliphatic rings. The maximum absolute atomic E-state index is 5.11. The molecule has 0 aliphatic heterocycles. The number of hydrogen-bond donors (Lipinski definition) is 0. The van der Waals surface area contributed by atoms with Crippen LogP contribution in [-0.4, -0.2) is 14.4 Å². The third-order valence-electron chi connectivity index (χ3n) is 0.178. The Balaban J connectivity index is 0. The van der Waals surface area contributed by atoms with E-state index < -0.39 is 4.84 Å². The molecule has 7 heavy (non-hydrogen) atoms. The molecule has 0 aromatic carbocycles. The second-order valence-corrected chi connectivity index (χ2v) is 1.73. The summed E-state index contributed by atoms with van der Waals surface area (Å²) in [5.74, 6) is 0. The Morgan fingerprint density at radius 1 is 1.43 bits per heavy atom. The summed E-state index contributed by atoms with van der Waals surface area (Å²) in [5, 5.41) is 0. The Kier molecular flexibility index (Phi) is 15.3. The maximum atomic E-state index is 5.11. The van der Waals surface area contributed by atoms with E-state index in [1.54, 1.807) is 0 Å². The molecule has 0 heterocycles. The summed E-state index contributed by atoms with van der Waals surface area (Å²) in [6, 6.07) is 0. The van der Waals surface area contributed by atoms with Gasteiger partial charge < -0.3 is 0 Å². The molecule has 0 aromatic heterocycles. The molecular formula is C3H7Cl3Si. The van der Waals surface area contributed by atoms with Crippen molar-refractivity contribution in [3.63, 3.8) is 0 Å². The van der Waals surface area contributed by atoms with Gasteiger partial charge in [0.05, 0.1) is 0 Å². The summed E-state index contributed by atoms with van der Waals surface area (Å²) in [7, 11) is 0.778. The molecule has 0 radical (unpaired) electrons. The van der Waals surface area contributed by atoms with E-state index in [-0.39, 0.29) is 0 Å². The fraction of sp³-hybridized carbons (Fsp3) is 0.333. The number of halogens is 3. The molecule has 4 heteroatoms. The van der Waals surface area contributed by atoms with E-state index in [1.165, 1.54) is 6.08 Å². The molecule has 0 unspecified atom stereocenters. The highest BCUT2D eigenvalue weighted by Gasteiger charge is 1.80. The molecule has 0 rings (SSSR count). The predicted molar refractivity (Wildman–Crippen MR) is 41.5 cm³/mol. The molecule has 0 N–H and O–H groups in total. The molecule has 0 atom stereocenters. The van der Waals surface area contributed by atoms with Gasteiger partial charge in [-0.05, 0) is 0 Å². The molecular weight excluding hydrogens is 170 g/mol. The van der Waals surface area contributed by atoms with Gasteiger partial charge in [-0.3, -0.25) is 0 Å². The van der Waals surface area contributed by atoms with Gasteiger partial charge in [-0.25, -0.2) is 0 Å². The summed E-state index contributed by atoms with van der Waals surface area (Å²) >= 11 is 15.0. The van der Waals surface area contributed by atoms with Crippen LogP contribution >= 0.6 is 34.3 Å². The lowest BCUT2D eigenvalue weighted by molar-refractivity contribution is 1.64. The predicted octanol–water partition coefficient (Wildman–Crippen LogP) is 1.48. The lowest BCUT2D eigenvalue weighted by Crippen LogP contribution is -1.68. The van der Waals surface area contributed by atoms with Crippen molar-refractivity contribution < 1.29 is 0 Å². The van der Waals surface area contributed by atoms with E-state index in [4.69, 9.17) is 34.3 Å². The molecule has 0 aliphatic carbocycles. The highest BCUT2D eigenvalue weighted by molar-refractivity contribution is 6.80. The maximum Gasteiger partial charge on any atom is 0.125 e. The molecule has 0 saturated heterocycles. The molecule has 0 spiro atoms. The second-order valence-electron chi connectivity index (χ2n) is 0.570. The van der Waals surface area contributed by atoms with E-state index in [2.05, 4.69) is 6.58 Å². The summed E-state index contributed by atoms with van der Waals surface area (Å²) < 4.78 is 0. The zero-order valence-electron chi connectivity index (χ0n) is 4.00. The van der Waals surface area contributed by atoms with Gasteiger partial charge in [0.2, 0.25) is 0 Å². The monoisotopic (exact) mass is 176 g/mol. The number of allylic oxidation sites excluding steroid dienone is 1. The fourth-order valence-electron chi connectivity index (χ4n) is 0. The van der Waals surface area contributed by atoms with E-state index >= 15 is 0 Å². The second kappa shape index (κ2) is 9.95. The zero-order valence-corrected chi connectivity index (χ0v) is 8.26. The SMILES string of the molecule is C=CC(Cl)Cl.[SiH3]Cl. The highest BCUT2D eigenvalue weighted by atomic mass is 35.6. The summed E-state index contributed by atoms with van der Waals surface area (Å²) in [5.41, 5.74) is 0. The van der Waals surface area contributed by atoms with Crippen molar-refractivity contribution >= 4 is 43.8 Å². The van der Waals surface area contributed by atoms with Gasteiger partial charge in [0.15, 0.2) is 0 Å². The lowest BCUT2D eigenvalue weighted by Gasteiger charge is -1.77. The summed E-state index contributed by atoms with van der Waals surface area (Å²) in [6.45, 7) is 3.30. The van der Waals surface area contributed by atoms with Crippen molar-refractivity contribution in [2.75, 3.05) is 0 Å². The minimum absolute atomic E-state index is 0.407. The largest absolute Gasteiger partial charge is 0.181 e. The van der Waals surface area contributed by atoms with E-state index in [1.807, 2.05) is 0 Å². The van der Waals surface area contributed by atoms with Crippen LogP contribution < -0.4 is 0 Å². The van der Waals surface area contributed by atoms with Crippen LogP contribution in [-0.2, 0) is 0 Å². The van der Waals surface area contributed by atoms with Crippen LogP contribution in [0, 0.1) is 0 Å². The van der Waals surface area contributed by atoms with Crippen LogP contribution in [0.2, 0.25) is 0 Å². The summed E-state index contributed by atoms with van der Waals surface area (Å²) in [6.07, 6.45) is 1.45. The van der Waals surface area contributed by atoms with Crippen molar-refractivity contribution in [3.8, 4) is 0 Å². The topological polar surface area (TPSA) is 0 Å². The first-order valence-electron chi connectivity index (χ1n) is 1.56. The van der Waals surface area contributed by atoms with Crippen LogP contribution in [0.25, 0.3) is 0 Å². The Hall–Kier alpha value is 0.827. The van der Waals surface area contributed by atoms with Gasteiger partial charge >= 0.3 is 0 Å². The van der Waals surface area contributed by atoms with Crippen molar-refractivity contribution in [3.05, 3.63) is 12.7 Å². The van der Waals surface area contributed by atoms with E-state index in [9.17, 15) is 0 Å². The standard InChI is InChI=1S/C3H4Cl2.ClH3Si/c1-2-3(4)5;1-2/h2-3H,1H2;2H3. The van der Waals surface area contributed by atoms with E-state index in [0.29, 0.717) is 0 Å². The molecule has 0 amide bonds. The Bertz CT molecular complexity index is 37.2. The number of hydrogen-bond acceptors (Lipinski definition) is 0. The fourth-order valence-corrected chi connectivity index (χ4v) is 0. The van der Waals surface area contributed by atoms with Gasteiger partial charge in [-0.2, -0.15) is 11.1 Å². The quantitative estimate of drug-likeness (QED) is 0.246. The van der Waals surface area contributed by atoms with Gasteiger partial charge in [0.25, 0.3) is 0 Å². The van der Waals surface area contributed by atoms with Crippen molar-refractivity contribution in [1.29, 1.82) is 0 Å². The van der Waals surface area contributed by atoms with Crippen molar-refractivity contribution in [1.82, 2.24) is 0 Å². The highest BCUT2D eigenvalue weighted by Crippen LogP contribution is 1.99. The molecule has 0 saturated carbocycles. The van der Waals surface area contributed by atoms with Crippen molar-refractivity contribution in [2.24, 2.45) is 0 Å². The molecule has 0 bridgehead atoms. The third kappa shape index (κ3) is 19.9. The van der Waals surface area contributed by atoms with Gasteiger partial charge in [0.1, 0.15) is 14.4 Å². The van der Waals surface area contributed by atoms with Crippen molar-refractivity contribution in [2.45, 2.75) is 4.84 Å². The average molecular weight is 178 g/mol. The van der Waals surface area contributed by atoms with Gasteiger partial charge in [-0.1, -0.05) is 6.08 Å². The van der Waals surface area contributed by atoms with Gasteiger partial charge in [-0.15, -0.1) is 29.8 Å². The normalized spacial score (nSPS) is 7.43. The first kappa shape index (κ1) is 10.7. The minimum Gasteiger partial charge on any atom is -0.181 e.